The fraction of sp³-hybridized carbons (Fsp3) is 0.409. The molecule has 0 aromatic heterocycles. The minimum absolute atomic E-state index is 0.0355. The second kappa shape index (κ2) is 7.79. The van der Waals surface area contributed by atoms with Crippen LogP contribution in [0.2, 0.25) is 0 Å². The molecule has 0 spiro atoms. The Bertz CT molecular complexity index is 800. The van der Waals surface area contributed by atoms with Gasteiger partial charge in [0.25, 0.3) is 5.91 Å². The smallest absolute Gasteiger partial charge is 0.252 e. The van der Waals surface area contributed by atoms with Gasteiger partial charge in [0.05, 0.1) is 12.6 Å². The fourth-order valence-electron chi connectivity index (χ4n) is 4.17. The van der Waals surface area contributed by atoms with Crippen molar-refractivity contribution in [2.75, 3.05) is 20.2 Å². The lowest BCUT2D eigenvalue weighted by atomic mass is 9.87. The second-order valence-corrected chi connectivity index (χ2v) is 7.32. The van der Waals surface area contributed by atoms with Crippen LogP contribution in [0.3, 0.4) is 0 Å². The first-order chi connectivity index (χ1) is 13.2. The van der Waals surface area contributed by atoms with E-state index >= 15 is 0 Å². The lowest BCUT2D eigenvalue weighted by Gasteiger charge is -2.40. The molecule has 4 rings (SSSR count). The summed E-state index contributed by atoms with van der Waals surface area (Å²) in [5, 5.41) is 3.21. The monoisotopic (exact) mass is 368 g/mol. The van der Waals surface area contributed by atoms with Gasteiger partial charge in [-0.3, -0.25) is 4.79 Å². The largest absolute Gasteiger partial charge is 0.367 e. The number of hydrogen-bond acceptors (Lipinski definition) is 3. The molecule has 3 atom stereocenters. The summed E-state index contributed by atoms with van der Waals surface area (Å²) < 4.78 is 19.3. The number of benzene rings is 2. The molecule has 2 heterocycles. The van der Waals surface area contributed by atoms with Gasteiger partial charge in [0.1, 0.15) is 11.9 Å². The maximum atomic E-state index is 13.5. The average Bonchev–Trinajstić information content (AvgIpc) is 2.73. The van der Waals surface area contributed by atoms with Crippen molar-refractivity contribution < 1.29 is 13.9 Å². The third-order valence-electron chi connectivity index (χ3n) is 5.71. The summed E-state index contributed by atoms with van der Waals surface area (Å²) >= 11 is 0. The predicted octanol–water partition coefficient (Wildman–Crippen LogP) is 3.07. The van der Waals surface area contributed by atoms with E-state index in [0.29, 0.717) is 19.2 Å². The predicted molar refractivity (Wildman–Crippen MR) is 102 cm³/mol. The van der Waals surface area contributed by atoms with Crippen LogP contribution in [-0.2, 0) is 16.0 Å². The van der Waals surface area contributed by atoms with E-state index in [4.69, 9.17) is 4.74 Å². The number of hydrogen-bond donors (Lipinski definition) is 1. The van der Waals surface area contributed by atoms with Gasteiger partial charge in [-0.1, -0.05) is 36.4 Å². The van der Waals surface area contributed by atoms with Gasteiger partial charge < -0.3 is 15.0 Å². The number of carbonyl (C=O) groups is 1. The Labute approximate surface area is 159 Å². The number of nitrogens with zero attached hydrogens (tertiary/aromatic N) is 1. The average molecular weight is 368 g/mol. The molecule has 1 N–H and O–H groups in total. The maximum Gasteiger partial charge on any atom is 0.252 e. The van der Waals surface area contributed by atoms with Crippen molar-refractivity contribution >= 4 is 5.91 Å². The highest BCUT2D eigenvalue weighted by Crippen LogP contribution is 2.36. The zero-order valence-corrected chi connectivity index (χ0v) is 15.5. The van der Waals surface area contributed by atoms with Crippen LogP contribution in [0.4, 0.5) is 4.39 Å². The molecule has 2 aliphatic heterocycles. The fourth-order valence-corrected chi connectivity index (χ4v) is 4.17. The topological polar surface area (TPSA) is 41.6 Å². The Balaban J connectivity index is 1.64. The van der Waals surface area contributed by atoms with Gasteiger partial charge in [0.2, 0.25) is 0 Å². The molecule has 0 unspecified atom stereocenters. The molecule has 1 fully saturated rings. The van der Waals surface area contributed by atoms with E-state index < -0.39 is 6.10 Å². The van der Waals surface area contributed by atoms with E-state index in [2.05, 4.69) is 17.4 Å². The van der Waals surface area contributed by atoms with E-state index in [1.807, 2.05) is 24.1 Å². The molecule has 0 aliphatic carbocycles. The van der Waals surface area contributed by atoms with Crippen molar-refractivity contribution in [2.45, 2.75) is 37.5 Å². The van der Waals surface area contributed by atoms with Crippen molar-refractivity contribution in [3.63, 3.8) is 0 Å². The van der Waals surface area contributed by atoms with Crippen molar-refractivity contribution in [3.05, 3.63) is 71.0 Å². The number of nitrogens with one attached hydrogen (secondary N) is 1. The zero-order chi connectivity index (χ0) is 18.8. The van der Waals surface area contributed by atoms with Gasteiger partial charge in [-0.15, -0.1) is 0 Å². The van der Waals surface area contributed by atoms with Gasteiger partial charge in [-0.25, -0.2) is 4.39 Å². The number of rotatable bonds is 3. The summed E-state index contributed by atoms with van der Waals surface area (Å²) in [7, 11) is 1.92. The number of amides is 1. The van der Waals surface area contributed by atoms with E-state index in [-0.39, 0.29) is 17.8 Å². The Morgan fingerprint density at radius 3 is 2.63 bits per heavy atom. The Kier molecular flexibility index (Phi) is 5.23. The molecule has 2 aromatic rings. The van der Waals surface area contributed by atoms with E-state index in [1.165, 1.54) is 17.7 Å². The molecule has 142 valence electrons. The molecular formula is C22H25FN2O2. The first kappa shape index (κ1) is 18.1. The van der Waals surface area contributed by atoms with Crippen LogP contribution in [-0.4, -0.2) is 43.2 Å². The third kappa shape index (κ3) is 3.62. The van der Waals surface area contributed by atoms with Crippen LogP contribution in [0.1, 0.15) is 35.6 Å². The molecule has 4 nitrogen and oxygen atoms in total. The Morgan fingerprint density at radius 1 is 1.15 bits per heavy atom. The van der Waals surface area contributed by atoms with Gasteiger partial charge >= 0.3 is 0 Å². The first-order valence-corrected chi connectivity index (χ1v) is 9.60. The van der Waals surface area contributed by atoms with Crippen LogP contribution >= 0.6 is 0 Å². The highest BCUT2D eigenvalue weighted by atomic mass is 19.1. The Hall–Kier alpha value is -2.24. The molecule has 27 heavy (non-hydrogen) atoms. The van der Waals surface area contributed by atoms with Crippen molar-refractivity contribution in [1.29, 1.82) is 0 Å². The third-order valence-corrected chi connectivity index (χ3v) is 5.71. The van der Waals surface area contributed by atoms with Crippen LogP contribution < -0.4 is 5.32 Å². The second-order valence-electron chi connectivity index (χ2n) is 7.32. The normalized spacial score (nSPS) is 25.1. The van der Waals surface area contributed by atoms with Gasteiger partial charge in [0, 0.05) is 12.6 Å². The molecule has 1 saturated heterocycles. The summed E-state index contributed by atoms with van der Waals surface area (Å²) in [5.41, 5.74) is 3.30. The molecule has 2 aromatic carbocycles. The number of likely N-dealkylation sites (N-methyl/N-ethyl adjacent to an activating group) is 1. The Morgan fingerprint density at radius 2 is 1.93 bits per heavy atom. The summed E-state index contributed by atoms with van der Waals surface area (Å²) in [4.78, 5) is 15.2. The lowest BCUT2D eigenvalue weighted by Crippen LogP contribution is -2.49. The molecule has 2 aliphatic rings. The number of carbonyl (C=O) groups excluding carboxylic acids is 1. The van der Waals surface area contributed by atoms with Gasteiger partial charge in [0.15, 0.2) is 0 Å². The minimum atomic E-state index is -0.400. The minimum Gasteiger partial charge on any atom is -0.367 e. The van der Waals surface area contributed by atoms with E-state index in [0.717, 1.165) is 30.4 Å². The van der Waals surface area contributed by atoms with E-state index in [9.17, 15) is 9.18 Å². The van der Waals surface area contributed by atoms with Crippen molar-refractivity contribution in [2.24, 2.45) is 0 Å². The summed E-state index contributed by atoms with van der Waals surface area (Å²) in [6.45, 7) is 1.20. The summed E-state index contributed by atoms with van der Waals surface area (Å²) in [5.74, 6) is -0.233. The van der Waals surface area contributed by atoms with Crippen LogP contribution in [0.15, 0.2) is 48.5 Å². The standard InChI is InChI=1S/C22H25FN2O2/c1-24-18-10-11-20(27-14-18)22(26)25-13-12-15-4-2-3-5-19(15)21(25)16-6-8-17(23)9-7-16/h2-9,18,20-21,24H,10-14H2,1H3/t18-,20-,21+/m1/s1. The van der Waals surface area contributed by atoms with Gasteiger partial charge in [-0.2, -0.15) is 0 Å². The SMILES string of the molecule is CN[C@@H]1CC[C@H](C(=O)N2CCc3ccccc3[C@@H]2c2ccc(F)cc2)OC1. The molecule has 0 radical (unpaired) electrons. The molecular weight excluding hydrogens is 343 g/mol. The van der Waals surface area contributed by atoms with E-state index in [1.54, 1.807) is 12.1 Å². The number of fused-ring (bicyclic) bond motifs is 1. The lowest BCUT2D eigenvalue weighted by molar-refractivity contribution is -0.149. The highest BCUT2D eigenvalue weighted by molar-refractivity contribution is 5.82. The molecule has 1 amide bonds. The first-order valence-electron chi connectivity index (χ1n) is 9.60. The highest BCUT2D eigenvalue weighted by Gasteiger charge is 2.37. The van der Waals surface area contributed by atoms with Crippen LogP contribution in [0, 0.1) is 5.82 Å². The van der Waals surface area contributed by atoms with Crippen molar-refractivity contribution in [1.82, 2.24) is 10.2 Å². The molecule has 0 bridgehead atoms. The maximum absolute atomic E-state index is 13.5. The number of ether oxygens (including phenoxy) is 1. The summed E-state index contributed by atoms with van der Waals surface area (Å²) in [6.07, 6.45) is 2.07. The quantitative estimate of drug-likeness (QED) is 0.905. The summed E-state index contributed by atoms with van der Waals surface area (Å²) in [6, 6.07) is 14.8. The van der Waals surface area contributed by atoms with Gasteiger partial charge in [-0.05, 0) is 55.1 Å². The zero-order valence-electron chi connectivity index (χ0n) is 15.5. The number of halogens is 1. The molecule has 5 heteroatoms. The molecule has 0 saturated carbocycles. The van der Waals surface area contributed by atoms with Crippen LogP contribution in [0.25, 0.3) is 0 Å². The van der Waals surface area contributed by atoms with Crippen molar-refractivity contribution in [3.8, 4) is 0 Å². The van der Waals surface area contributed by atoms with Crippen LogP contribution in [0.5, 0.6) is 0 Å².